The van der Waals surface area contributed by atoms with Gasteiger partial charge in [-0.05, 0) is 19.8 Å². The molecule has 0 aliphatic carbocycles. The summed E-state index contributed by atoms with van der Waals surface area (Å²) in [5.74, 6) is 1.03. The van der Waals surface area contributed by atoms with E-state index in [1.54, 1.807) is 0 Å². The van der Waals surface area contributed by atoms with Gasteiger partial charge < -0.3 is 0 Å². The first kappa shape index (κ1) is 25.2. The third-order valence-corrected chi connectivity index (χ3v) is 3.31. The highest BCUT2D eigenvalue weighted by Crippen LogP contribution is 2.18. The molecule has 0 aromatic heterocycles. The van der Waals surface area contributed by atoms with Crippen molar-refractivity contribution in [1.29, 1.82) is 0 Å². The molecule has 0 atom stereocenters. The Morgan fingerprint density at radius 3 is 1.10 bits per heavy atom. The van der Waals surface area contributed by atoms with Crippen molar-refractivity contribution in [2.24, 2.45) is 5.92 Å². The van der Waals surface area contributed by atoms with Gasteiger partial charge in [-0.15, -0.1) is 0 Å². The van der Waals surface area contributed by atoms with Crippen LogP contribution < -0.4 is 0 Å². The molecule has 0 fully saturated rings. The van der Waals surface area contributed by atoms with Gasteiger partial charge in [0.05, 0.1) is 0 Å². The fourth-order valence-corrected chi connectivity index (χ4v) is 2.29. The van der Waals surface area contributed by atoms with E-state index in [-0.39, 0.29) is 7.43 Å². The summed E-state index contributed by atoms with van der Waals surface area (Å²) in [6.45, 7) is 15.1. The van der Waals surface area contributed by atoms with Crippen LogP contribution in [0.2, 0.25) is 0 Å². The van der Waals surface area contributed by atoms with Crippen molar-refractivity contribution in [3.05, 3.63) is 35.4 Å². The fourth-order valence-electron chi connectivity index (χ4n) is 2.29. The Bertz CT molecular complexity index is 235. The number of rotatable bonds is 6. The van der Waals surface area contributed by atoms with Gasteiger partial charge in [0.2, 0.25) is 0 Å². The normalized spacial score (nSPS) is 8.95. The highest BCUT2D eigenvalue weighted by molar-refractivity contribution is 5.19. The summed E-state index contributed by atoms with van der Waals surface area (Å²) < 4.78 is 0. The van der Waals surface area contributed by atoms with E-state index >= 15 is 0 Å². The lowest BCUT2D eigenvalue weighted by atomic mass is 9.94. The van der Waals surface area contributed by atoms with Crippen LogP contribution in [0.1, 0.15) is 91.7 Å². The summed E-state index contributed by atoms with van der Waals surface area (Å²) in [6.07, 6.45) is 8.44. The van der Waals surface area contributed by atoms with E-state index in [2.05, 4.69) is 58.9 Å². The minimum atomic E-state index is 0. The molecule has 0 saturated carbocycles. The van der Waals surface area contributed by atoms with Crippen molar-refractivity contribution in [2.45, 2.75) is 94.4 Å². The largest absolute Gasteiger partial charge is 0.0776 e. The maximum absolute atomic E-state index is 2.29. The molecule has 0 aliphatic heterocycles. The molecule has 0 spiro atoms. The summed E-state index contributed by atoms with van der Waals surface area (Å²) in [4.78, 5) is 0. The molecular weight excluding hydrogens is 252 g/mol. The molecule has 0 bridgehead atoms. The summed E-state index contributed by atoms with van der Waals surface area (Å²) in [5, 5.41) is 0. The van der Waals surface area contributed by atoms with Gasteiger partial charge >= 0.3 is 0 Å². The first-order valence-corrected chi connectivity index (χ1v) is 8.67. The van der Waals surface area contributed by atoms with Gasteiger partial charge in [0.1, 0.15) is 0 Å². The lowest BCUT2D eigenvalue weighted by Crippen LogP contribution is -1.98. The monoisotopic (exact) mass is 294 g/mol. The molecule has 0 unspecified atom stereocenters. The lowest BCUT2D eigenvalue weighted by molar-refractivity contribution is 0.407. The van der Waals surface area contributed by atoms with Crippen molar-refractivity contribution in [1.82, 2.24) is 0 Å². The van der Waals surface area contributed by atoms with Crippen molar-refractivity contribution in [3.63, 3.8) is 0 Å². The SMILES string of the molecule is C.CC.CCCC(CCC)CCC.Cc1ccc(C)cc1. The highest BCUT2D eigenvalue weighted by atomic mass is 14.1. The number of aryl methyl sites for hydroxylation is 2. The maximum Gasteiger partial charge on any atom is -0.0398 e. The van der Waals surface area contributed by atoms with Gasteiger partial charge in [-0.25, -0.2) is 0 Å². The first-order valence-electron chi connectivity index (χ1n) is 8.67. The van der Waals surface area contributed by atoms with Gasteiger partial charge in [-0.3, -0.25) is 0 Å². The zero-order valence-corrected chi connectivity index (χ0v) is 15.1. The molecule has 126 valence electrons. The van der Waals surface area contributed by atoms with Gasteiger partial charge in [0.25, 0.3) is 0 Å². The minimum Gasteiger partial charge on any atom is -0.0776 e. The number of benzene rings is 1. The van der Waals surface area contributed by atoms with Gasteiger partial charge in [0, 0.05) is 0 Å². The van der Waals surface area contributed by atoms with Gasteiger partial charge in [-0.2, -0.15) is 0 Å². The summed E-state index contributed by atoms with van der Waals surface area (Å²) in [5.41, 5.74) is 2.66. The standard InChI is InChI=1S/C10H22.C8H10.C2H6.CH4/c1-4-7-10(8-5-2)9-6-3;1-7-3-5-8(2)6-4-7;1-2;/h10H,4-9H2,1-3H3;3-6H,1-2H3;1-2H3;1H4. The zero-order valence-electron chi connectivity index (χ0n) is 15.1. The van der Waals surface area contributed by atoms with Crippen molar-refractivity contribution >= 4 is 0 Å². The Morgan fingerprint density at radius 2 is 0.905 bits per heavy atom. The van der Waals surface area contributed by atoms with E-state index in [1.807, 2.05) is 13.8 Å². The molecule has 1 aromatic carbocycles. The fraction of sp³-hybridized carbons (Fsp3) is 0.714. The van der Waals surface area contributed by atoms with E-state index in [9.17, 15) is 0 Å². The molecule has 0 aliphatic rings. The molecule has 0 radical (unpaired) electrons. The zero-order chi connectivity index (χ0) is 15.8. The van der Waals surface area contributed by atoms with Crippen LogP contribution >= 0.6 is 0 Å². The van der Waals surface area contributed by atoms with Crippen LogP contribution in [-0.2, 0) is 0 Å². The second kappa shape index (κ2) is 19.2. The van der Waals surface area contributed by atoms with Crippen LogP contribution in [0.15, 0.2) is 24.3 Å². The Balaban J connectivity index is -0.000000268. The molecular formula is C21H42. The Hall–Kier alpha value is -0.780. The number of hydrogen-bond donors (Lipinski definition) is 0. The van der Waals surface area contributed by atoms with Crippen molar-refractivity contribution in [2.75, 3.05) is 0 Å². The molecule has 0 heteroatoms. The third-order valence-electron chi connectivity index (χ3n) is 3.31. The second-order valence-electron chi connectivity index (χ2n) is 5.39. The van der Waals surface area contributed by atoms with E-state index in [0.29, 0.717) is 0 Å². The van der Waals surface area contributed by atoms with Crippen LogP contribution in [0, 0.1) is 19.8 Å². The minimum absolute atomic E-state index is 0. The van der Waals surface area contributed by atoms with Crippen LogP contribution in [0.5, 0.6) is 0 Å². The van der Waals surface area contributed by atoms with E-state index < -0.39 is 0 Å². The summed E-state index contributed by atoms with van der Waals surface area (Å²) >= 11 is 0. The molecule has 0 nitrogen and oxygen atoms in total. The van der Waals surface area contributed by atoms with Crippen LogP contribution in [0.3, 0.4) is 0 Å². The van der Waals surface area contributed by atoms with Crippen LogP contribution in [0.4, 0.5) is 0 Å². The predicted octanol–water partition coefficient (Wildman–Crippen LogP) is 7.97. The first-order chi connectivity index (χ1) is 9.63. The Morgan fingerprint density at radius 1 is 0.667 bits per heavy atom. The van der Waals surface area contributed by atoms with E-state index in [1.165, 1.54) is 49.7 Å². The van der Waals surface area contributed by atoms with Crippen molar-refractivity contribution < 1.29 is 0 Å². The van der Waals surface area contributed by atoms with Gasteiger partial charge in [-0.1, -0.05) is 116 Å². The molecule has 21 heavy (non-hydrogen) atoms. The lowest BCUT2D eigenvalue weighted by Gasteiger charge is -2.12. The Labute approximate surface area is 136 Å². The molecule has 1 rings (SSSR count). The van der Waals surface area contributed by atoms with E-state index in [0.717, 1.165) is 5.92 Å². The molecule has 0 heterocycles. The molecule has 0 saturated heterocycles. The quantitative estimate of drug-likeness (QED) is 0.499. The topological polar surface area (TPSA) is 0 Å². The van der Waals surface area contributed by atoms with Crippen molar-refractivity contribution in [3.8, 4) is 0 Å². The average molecular weight is 295 g/mol. The summed E-state index contributed by atoms with van der Waals surface area (Å²) in [6, 6.07) is 8.48. The molecule has 0 amide bonds. The summed E-state index contributed by atoms with van der Waals surface area (Å²) in [7, 11) is 0. The highest BCUT2D eigenvalue weighted by Gasteiger charge is 2.03. The van der Waals surface area contributed by atoms with Crippen LogP contribution in [0.25, 0.3) is 0 Å². The maximum atomic E-state index is 2.29. The smallest absolute Gasteiger partial charge is 0.0398 e. The number of hydrogen-bond acceptors (Lipinski definition) is 0. The third kappa shape index (κ3) is 17.2. The van der Waals surface area contributed by atoms with Gasteiger partial charge in [0.15, 0.2) is 0 Å². The molecule has 0 N–H and O–H groups in total. The Kier molecular flexibility index (Phi) is 23.1. The van der Waals surface area contributed by atoms with Crippen LogP contribution in [-0.4, -0.2) is 0 Å². The molecule has 1 aromatic rings. The predicted molar refractivity (Wildman–Crippen MR) is 102 cm³/mol. The second-order valence-corrected chi connectivity index (χ2v) is 5.39. The van der Waals surface area contributed by atoms with E-state index in [4.69, 9.17) is 0 Å². The average Bonchev–Trinajstić information content (AvgIpc) is 2.46.